The number of hydrogen-bond acceptors (Lipinski definition) is 12. The molecule has 1 rings (SSSR count). The number of nitro groups is 1. The van der Waals surface area contributed by atoms with Crippen LogP contribution in [0.5, 0.6) is 0 Å². The molecule has 0 unspecified atom stereocenters. The Morgan fingerprint density at radius 2 is 1.41 bits per heavy atom. The van der Waals surface area contributed by atoms with Gasteiger partial charge in [-0.15, -0.1) is 0 Å². The summed E-state index contributed by atoms with van der Waals surface area (Å²) in [5.74, 6) is -5.42. The summed E-state index contributed by atoms with van der Waals surface area (Å²) in [4.78, 5) is 69.9. The summed E-state index contributed by atoms with van der Waals surface area (Å²) in [7, 11) is 0. The van der Waals surface area contributed by atoms with Crippen molar-refractivity contribution in [3.63, 3.8) is 0 Å². The highest BCUT2D eigenvalue weighted by atomic mass is 16.6. The molecule has 0 amide bonds. The molecular formula is C21H27NO12. The van der Waals surface area contributed by atoms with Crippen LogP contribution < -0.4 is 0 Å². The number of esters is 5. The molecule has 5 atom stereocenters. The molecule has 13 heteroatoms. The standard InChI is InChI=1S/C21H27NO12/c1-11(23)30-10-18(31-12(2)24)20(33-14(4)26)21(34-15(5)27)19(32-13(3)25)16-8-6-7-9-17(16)22(28)29/h6-7,9,16,18-21H,8,10H2,1-5H3/t16-,18+,19-,20-,21+/m0/s1. The first-order valence-electron chi connectivity index (χ1n) is 10.2. The van der Waals surface area contributed by atoms with E-state index in [1.165, 1.54) is 12.2 Å². The molecule has 0 heterocycles. The van der Waals surface area contributed by atoms with Crippen LogP contribution in [0, 0.1) is 16.0 Å². The highest BCUT2D eigenvalue weighted by molar-refractivity contribution is 5.69. The van der Waals surface area contributed by atoms with Crippen LogP contribution in [0.15, 0.2) is 23.9 Å². The summed E-state index contributed by atoms with van der Waals surface area (Å²) in [6, 6.07) is 0. The number of allylic oxidation sites excluding steroid dienone is 3. The predicted molar refractivity (Wildman–Crippen MR) is 111 cm³/mol. The summed E-state index contributed by atoms with van der Waals surface area (Å²) in [5.41, 5.74) is -0.350. The van der Waals surface area contributed by atoms with Crippen molar-refractivity contribution < 1.29 is 52.6 Å². The first-order valence-corrected chi connectivity index (χ1v) is 10.2. The number of carbonyl (C=O) groups is 5. The average Bonchev–Trinajstić information content (AvgIpc) is 2.71. The number of carbonyl (C=O) groups excluding carboxylic acids is 5. The molecule has 0 aliphatic heterocycles. The van der Waals surface area contributed by atoms with Crippen LogP contribution in [0.4, 0.5) is 0 Å². The Morgan fingerprint density at radius 3 is 1.88 bits per heavy atom. The summed E-state index contributed by atoms with van der Waals surface area (Å²) >= 11 is 0. The minimum absolute atomic E-state index is 0.0114. The minimum atomic E-state index is -1.68. The fraction of sp³-hybridized carbons (Fsp3) is 0.571. The van der Waals surface area contributed by atoms with Crippen LogP contribution >= 0.6 is 0 Å². The summed E-state index contributed by atoms with van der Waals surface area (Å²) in [5, 5.41) is 11.6. The van der Waals surface area contributed by atoms with E-state index in [0.717, 1.165) is 34.6 Å². The van der Waals surface area contributed by atoms with Crippen molar-refractivity contribution in [2.24, 2.45) is 5.92 Å². The molecule has 34 heavy (non-hydrogen) atoms. The number of rotatable bonds is 11. The quantitative estimate of drug-likeness (QED) is 0.176. The predicted octanol–water partition coefficient (Wildman–Crippen LogP) is 1.01. The Hall–Kier alpha value is -3.77. The monoisotopic (exact) mass is 485 g/mol. The number of hydrogen-bond donors (Lipinski definition) is 0. The highest BCUT2D eigenvalue weighted by Gasteiger charge is 2.49. The number of ether oxygens (including phenoxy) is 5. The summed E-state index contributed by atoms with van der Waals surface area (Å²) in [6.07, 6.45) is -2.17. The molecule has 0 bridgehead atoms. The molecule has 1 aliphatic carbocycles. The Bertz CT molecular complexity index is 877. The van der Waals surface area contributed by atoms with E-state index in [4.69, 9.17) is 23.7 Å². The van der Waals surface area contributed by atoms with E-state index >= 15 is 0 Å². The molecule has 0 aromatic rings. The zero-order valence-corrected chi connectivity index (χ0v) is 19.4. The van der Waals surface area contributed by atoms with Gasteiger partial charge in [0.05, 0.1) is 10.8 Å². The molecule has 0 saturated carbocycles. The van der Waals surface area contributed by atoms with Gasteiger partial charge in [0.2, 0.25) is 0 Å². The van der Waals surface area contributed by atoms with Crippen molar-refractivity contribution in [3.8, 4) is 0 Å². The zero-order chi connectivity index (χ0) is 26.0. The van der Waals surface area contributed by atoms with Gasteiger partial charge in [-0.1, -0.05) is 12.2 Å². The highest BCUT2D eigenvalue weighted by Crippen LogP contribution is 2.32. The lowest BCUT2D eigenvalue weighted by Gasteiger charge is -2.37. The van der Waals surface area contributed by atoms with Crippen LogP contribution in [-0.2, 0) is 47.7 Å². The average molecular weight is 485 g/mol. The second kappa shape index (κ2) is 13.1. The molecule has 1 aliphatic rings. The maximum atomic E-state index is 12.0. The minimum Gasteiger partial charge on any atom is -0.462 e. The third kappa shape index (κ3) is 9.00. The second-order valence-electron chi connectivity index (χ2n) is 7.29. The van der Waals surface area contributed by atoms with Crippen molar-refractivity contribution >= 4 is 29.8 Å². The first-order chi connectivity index (χ1) is 15.8. The molecule has 0 aromatic carbocycles. The van der Waals surface area contributed by atoms with Crippen LogP contribution in [0.3, 0.4) is 0 Å². The summed E-state index contributed by atoms with van der Waals surface area (Å²) in [6.45, 7) is 4.58. The van der Waals surface area contributed by atoms with Gasteiger partial charge in [0.15, 0.2) is 24.4 Å². The smallest absolute Gasteiger partial charge is 0.303 e. The second-order valence-corrected chi connectivity index (χ2v) is 7.29. The Kier molecular flexibility index (Phi) is 10.9. The first kappa shape index (κ1) is 28.3. The normalized spacial score (nSPS) is 18.3. The molecule has 13 nitrogen and oxygen atoms in total. The van der Waals surface area contributed by atoms with Gasteiger partial charge in [-0.2, -0.15) is 0 Å². The third-order valence-electron chi connectivity index (χ3n) is 4.47. The molecule has 188 valence electrons. The van der Waals surface area contributed by atoms with E-state index in [2.05, 4.69) is 0 Å². The topological polar surface area (TPSA) is 175 Å². The van der Waals surface area contributed by atoms with Gasteiger partial charge < -0.3 is 23.7 Å². The lowest BCUT2D eigenvalue weighted by molar-refractivity contribution is -0.437. The van der Waals surface area contributed by atoms with Crippen LogP contribution in [0.2, 0.25) is 0 Å². The van der Waals surface area contributed by atoms with Gasteiger partial charge in [-0.3, -0.25) is 34.1 Å². The van der Waals surface area contributed by atoms with Crippen LogP contribution in [0.25, 0.3) is 0 Å². The molecule has 0 N–H and O–H groups in total. The lowest BCUT2D eigenvalue weighted by atomic mass is 9.85. The van der Waals surface area contributed by atoms with Gasteiger partial charge in [0.1, 0.15) is 6.61 Å². The number of nitrogens with zero attached hydrogens (tertiary/aromatic N) is 1. The Morgan fingerprint density at radius 1 is 0.882 bits per heavy atom. The zero-order valence-electron chi connectivity index (χ0n) is 19.4. The molecule has 0 fully saturated rings. The molecule has 0 spiro atoms. The van der Waals surface area contributed by atoms with E-state index < -0.39 is 71.7 Å². The van der Waals surface area contributed by atoms with Crippen molar-refractivity contribution in [1.82, 2.24) is 0 Å². The van der Waals surface area contributed by atoms with Gasteiger partial charge >= 0.3 is 29.8 Å². The van der Waals surface area contributed by atoms with E-state index in [1.807, 2.05) is 0 Å². The van der Waals surface area contributed by atoms with Gasteiger partial charge in [-0.25, -0.2) is 0 Å². The van der Waals surface area contributed by atoms with Crippen LogP contribution in [0.1, 0.15) is 41.0 Å². The van der Waals surface area contributed by atoms with E-state index in [1.54, 1.807) is 6.08 Å². The third-order valence-corrected chi connectivity index (χ3v) is 4.47. The lowest BCUT2D eigenvalue weighted by Crippen LogP contribution is -2.55. The van der Waals surface area contributed by atoms with Crippen molar-refractivity contribution in [3.05, 3.63) is 34.0 Å². The maximum Gasteiger partial charge on any atom is 0.303 e. The molecule has 0 radical (unpaired) electrons. The van der Waals surface area contributed by atoms with Gasteiger partial charge in [-0.05, 0) is 6.42 Å². The van der Waals surface area contributed by atoms with Crippen molar-refractivity contribution in [2.45, 2.75) is 65.5 Å². The molecule has 0 aromatic heterocycles. The SMILES string of the molecule is CC(=O)OC[C@@H](OC(C)=O)[C@H](OC(C)=O)[C@H](OC(C)=O)[C@@H](OC(C)=O)[C@H]1CC=CC=C1[N+](=O)[O-]. The van der Waals surface area contributed by atoms with Crippen molar-refractivity contribution in [2.75, 3.05) is 6.61 Å². The Labute approximate surface area is 195 Å². The summed E-state index contributed by atoms with van der Waals surface area (Å²) < 4.78 is 26.0. The fourth-order valence-electron chi connectivity index (χ4n) is 3.37. The van der Waals surface area contributed by atoms with E-state index in [0.29, 0.717) is 0 Å². The maximum absolute atomic E-state index is 12.0. The molecule has 0 saturated heterocycles. The van der Waals surface area contributed by atoms with Crippen LogP contribution in [-0.4, -0.2) is 65.8 Å². The molecular weight excluding hydrogens is 458 g/mol. The van der Waals surface area contributed by atoms with E-state index in [9.17, 15) is 34.1 Å². The fourth-order valence-corrected chi connectivity index (χ4v) is 3.37. The largest absolute Gasteiger partial charge is 0.462 e. The Balaban J connectivity index is 3.64. The van der Waals surface area contributed by atoms with E-state index in [-0.39, 0.29) is 12.1 Å². The van der Waals surface area contributed by atoms with Crippen molar-refractivity contribution in [1.29, 1.82) is 0 Å². The van der Waals surface area contributed by atoms with Gasteiger partial charge in [0.25, 0.3) is 5.70 Å². The van der Waals surface area contributed by atoms with Gasteiger partial charge in [0, 0.05) is 40.7 Å².